The van der Waals surface area contributed by atoms with Gasteiger partial charge in [-0.25, -0.2) is 12.8 Å². The maximum Gasteiger partial charge on any atom is 0.281 e. The Morgan fingerprint density at radius 1 is 1.00 bits per heavy atom. The maximum atomic E-state index is 13.3. The molecule has 23 heavy (non-hydrogen) atoms. The highest BCUT2D eigenvalue weighted by atomic mass is 32.2. The van der Waals surface area contributed by atoms with Crippen LogP contribution in [0.5, 0.6) is 0 Å². The fourth-order valence-corrected chi connectivity index (χ4v) is 4.89. The first-order valence-electron chi connectivity index (χ1n) is 7.00. The zero-order valence-corrected chi connectivity index (χ0v) is 14.9. The number of sulfonamides is 1. The van der Waals surface area contributed by atoms with E-state index in [0.29, 0.717) is 0 Å². The van der Waals surface area contributed by atoms with Crippen LogP contribution in [-0.2, 0) is 20.2 Å². The van der Waals surface area contributed by atoms with Crippen LogP contribution < -0.4 is 0 Å². The van der Waals surface area contributed by atoms with Crippen LogP contribution >= 0.6 is 0 Å². The number of hydrogen-bond donors (Lipinski definition) is 0. The van der Waals surface area contributed by atoms with Crippen LogP contribution in [0, 0.1) is 12.7 Å². The number of hydrogen-bond acceptors (Lipinski definition) is 4. The molecule has 7 nitrogen and oxygen atoms in total. The van der Waals surface area contributed by atoms with Gasteiger partial charge in [-0.2, -0.15) is 21.3 Å². The summed E-state index contributed by atoms with van der Waals surface area (Å²) < 4.78 is 66.1. The number of halogens is 1. The van der Waals surface area contributed by atoms with Crippen molar-refractivity contribution in [3.8, 4) is 0 Å². The molecule has 1 aromatic rings. The molecule has 0 aromatic heterocycles. The number of rotatable bonds is 4. The summed E-state index contributed by atoms with van der Waals surface area (Å²) in [5.41, 5.74) is 0.250. The van der Waals surface area contributed by atoms with E-state index >= 15 is 0 Å². The second-order valence-electron chi connectivity index (χ2n) is 5.50. The van der Waals surface area contributed by atoms with Crippen LogP contribution in [-0.4, -0.2) is 70.0 Å². The molecule has 1 saturated heterocycles. The molecule has 1 aliphatic heterocycles. The summed E-state index contributed by atoms with van der Waals surface area (Å²) in [6, 6.07) is 3.63. The van der Waals surface area contributed by atoms with Crippen LogP contribution in [0.15, 0.2) is 23.1 Å². The monoisotopic (exact) mass is 365 g/mol. The third kappa shape index (κ3) is 3.56. The maximum absolute atomic E-state index is 13.3. The molecule has 0 radical (unpaired) electrons. The first-order chi connectivity index (χ1) is 10.6. The summed E-state index contributed by atoms with van der Waals surface area (Å²) in [7, 11) is -4.45. The van der Waals surface area contributed by atoms with E-state index in [2.05, 4.69) is 0 Å². The molecule has 0 aliphatic carbocycles. The number of benzene rings is 1. The molecule has 0 unspecified atom stereocenters. The van der Waals surface area contributed by atoms with E-state index in [1.54, 1.807) is 0 Å². The highest BCUT2D eigenvalue weighted by molar-refractivity contribution is 7.89. The molecule has 0 N–H and O–H groups in total. The number of aryl methyl sites for hydroxylation is 1. The molecule has 1 aliphatic rings. The van der Waals surface area contributed by atoms with Crippen molar-refractivity contribution in [2.24, 2.45) is 0 Å². The molecule has 1 aromatic carbocycles. The van der Waals surface area contributed by atoms with Crippen LogP contribution in [0.4, 0.5) is 4.39 Å². The Labute approximate surface area is 136 Å². The van der Waals surface area contributed by atoms with Gasteiger partial charge in [-0.3, -0.25) is 0 Å². The molecule has 0 atom stereocenters. The van der Waals surface area contributed by atoms with Gasteiger partial charge in [0.1, 0.15) is 5.82 Å². The van der Waals surface area contributed by atoms with Crippen molar-refractivity contribution in [1.82, 2.24) is 12.9 Å². The van der Waals surface area contributed by atoms with Gasteiger partial charge in [0.2, 0.25) is 10.0 Å². The standard InChI is InChI=1S/C13H20FN3O4S2/c1-11-10-12(4-5-13(11)14)22(18,19)16-6-8-17(9-7-16)23(20,21)15(2)3/h4-5,10H,6-9H2,1-3H3. The molecule has 2 rings (SSSR count). The van der Waals surface area contributed by atoms with E-state index in [1.807, 2.05) is 0 Å². The summed E-state index contributed by atoms with van der Waals surface area (Å²) in [5.74, 6) is -0.467. The molecular formula is C13H20FN3O4S2. The lowest BCUT2D eigenvalue weighted by Crippen LogP contribution is -2.52. The Balaban J connectivity index is 2.17. The minimum Gasteiger partial charge on any atom is -0.207 e. The van der Waals surface area contributed by atoms with Crippen LogP contribution in [0.3, 0.4) is 0 Å². The molecule has 0 spiro atoms. The fraction of sp³-hybridized carbons (Fsp3) is 0.538. The second-order valence-corrected chi connectivity index (χ2v) is 9.58. The predicted octanol–water partition coefficient (Wildman–Crippen LogP) is 0.247. The first-order valence-corrected chi connectivity index (χ1v) is 9.84. The third-order valence-corrected chi connectivity index (χ3v) is 7.59. The lowest BCUT2D eigenvalue weighted by Gasteiger charge is -2.34. The van der Waals surface area contributed by atoms with Gasteiger partial charge in [-0.1, -0.05) is 0 Å². The number of piperazine rings is 1. The van der Waals surface area contributed by atoms with E-state index in [9.17, 15) is 21.2 Å². The molecule has 1 heterocycles. The van der Waals surface area contributed by atoms with E-state index in [0.717, 1.165) is 10.4 Å². The largest absolute Gasteiger partial charge is 0.281 e. The first kappa shape index (κ1) is 18.3. The molecular weight excluding hydrogens is 345 g/mol. The van der Waals surface area contributed by atoms with Crippen molar-refractivity contribution in [2.75, 3.05) is 40.3 Å². The van der Waals surface area contributed by atoms with Crippen molar-refractivity contribution in [3.63, 3.8) is 0 Å². The average molecular weight is 365 g/mol. The zero-order chi connectivity index (χ0) is 17.4. The van der Waals surface area contributed by atoms with Gasteiger partial charge in [0.05, 0.1) is 4.90 Å². The van der Waals surface area contributed by atoms with Crippen molar-refractivity contribution >= 4 is 20.2 Å². The van der Waals surface area contributed by atoms with Gasteiger partial charge in [0.25, 0.3) is 10.2 Å². The normalized spacial score (nSPS) is 18.5. The van der Waals surface area contributed by atoms with E-state index in [1.165, 1.54) is 41.8 Å². The van der Waals surface area contributed by atoms with E-state index < -0.39 is 26.0 Å². The number of nitrogens with zero attached hydrogens (tertiary/aromatic N) is 3. The Hall–Kier alpha value is -1.07. The molecule has 0 amide bonds. The minimum absolute atomic E-state index is 0.0142. The second kappa shape index (κ2) is 6.44. The molecule has 0 saturated carbocycles. The Morgan fingerprint density at radius 3 is 2.00 bits per heavy atom. The molecule has 1 fully saturated rings. The average Bonchev–Trinajstić information content (AvgIpc) is 2.49. The van der Waals surface area contributed by atoms with Gasteiger partial charge >= 0.3 is 0 Å². The topological polar surface area (TPSA) is 78.0 Å². The Kier molecular flexibility index (Phi) is 5.12. The highest BCUT2D eigenvalue weighted by Gasteiger charge is 2.33. The lowest BCUT2D eigenvalue weighted by molar-refractivity contribution is 0.262. The van der Waals surface area contributed by atoms with Crippen LogP contribution in [0.25, 0.3) is 0 Å². The summed E-state index contributed by atoms with van der Waals surface area (Å²) >= 11 is 0. The lowest BCUT2D eigenvalue weighted by atomic mass is 10.2. The third-order valence-electron chi connectivity index (χ3n) is 3.75. The highest BCUT2D eigenvalue weighted by Crippen LogP contribution is 2.21. The molecule has 10 heteroatoms. The van der Waals surface area contributed by atoms with Crippen molar-refractivity contribution < 1.29 is 21.2 Å². The minimum atomic E-state index is -3.76. The fourth-order valence-electron chi connectivity index (χ4n) is 2.30. The smallest absolute Gasteiger partial charge is 0.207 e. The molecule has 0 bridgehead atoms. The summed E-state index contributed by atoms with van der Waals surface area (Å²) in [6.07, 6.45) is 0. The summed E-state index contributed by atoms with van der Waals surface area (Å²) in [5, 5.41) is 0. The summed E-state index contributed by atoms with van der Waals surface area (Å²) in [4.78, 5) is 0.0142. The predicted molar refractivity (Wildman–Crippen MR) is 84.1 cm³/mol. The van der Waals surface area contributed by atoms with Crippen molar-refractivity contribution in [2.45, 2.75) is 11.8 Å². The van der Waals surface area contributed by atoms with Gasteiger partial charge in [0, 0.05) is 40.3 Å². The SMILES string of the molecule is Cc1cc(S(=O)(=O)N2CCN(S(=O)(=O)N(C)C)CC2)ccc1F. The molecule has 130 valence electrons. The van der Waals surface area contributed by atoms with Gasteiger partial charge in [-0.15, -0.1) is 0 Å². The Bertz CT molecular complexity index is 785. The van der Waals surface area contributed by atoms with Crippen LogP contribution in [0.1, 0.15) is 5.56 Å². The van der Waals surface area contributed by atoms with E-state index in [4.69, 9.17) is 0 Å². The van der Waals surface area contributed by atoms with Gasteiger partial charge < -0.3 is 0 Å². The zero-order valence-electron chi connectivity index (χ0n) is 13.2. The van der Waals surface area contributed by atoms with E-state index in [-0.39, 0.29) is 36.6 Å². The quantitative estimate of drug-likeness (QED) is 0.766. The Morgan fingerprint density at radius 2 is 1.52 bits per heavy atom. The van der Waals surface area contributed by atoms with Gasteiger partial charge in [0.15, 0.2) is 0 Å². The van der Waals surface area contributed by atoms with Crippen molar-refractivity contribution in [3.05, 3.63) is 29.6 Å². The summed E-state index contributed by atoms with van der Waals surface area (Å²) in [6.45, 7) is 1.79. The van der Waals surface area contributed by atoms with Crippen LogP contribution in [0.2, 0.25) is 0 Å². The van der Waals surface area contributed by atoms with Crippen molar-refractivity contribution in [1.29, 1.82) is 0 Å². The van der Waals surface area contributed by atoms with Gasteiger partial charge in [-0.05, 0) is 30.7 Å².